The molecule has 88 valence electrons. The highest BCUT2D eigenvalue weighted by molar-refractivity contribution is 5.95. The summed E-state index contributed by atoms with van der Waals surface area (Å²) < 4.78 is 2.02. The first kappa shape index (κ1) is 10.8. The van der Waals surface area contributed by atoms with E-state index in [9.17, 15) is 0 Å². The van der Waals surface area contributed by atoms with Gasteiger partial charge in [-0.3, -0.25) is 4.99 Å². The van der Waals surface area contributed by atoms with Crippen LogP contribution in [0.1, 0.15) is 5.56 Å². The van der Waals surface area contributed by atoms with Crippen molar-refractivity contribution in [3.8, 4) is 0 Å². The van der Waals surface area contributed by atoms with Crippen LogP contribution in [0.15, 0.2) is 65.9 Å². The molecular weight excluding hydrogens is 220 g/mol. The fraction of sp³-hybridized carbons (Fsp3) is 0.0625. The molecule has 0 unspecified atom stereocenters. The Morgan fingerprint density at radius 2 is 1.83 bits per heavy atom. The van der Waals surface area contributed by atoms with E-state index < -0.39 is 0 Å². The normalized spacial score (nSPS) is 11.4. The predicted molar refractivity (Wildman–Crippen MR) is 76.6 cm³/mol. The van der Waals surface area contributed by atoms with E-state index in [4.69, 9.17) is 0 Å². The van der Waals surface area contributed by atoms with Crippen molar-refractivity contribution in [2.45, 2.75) is 0 Å². The van der Waals surface area contributed by atoms with Crippen molar-refractivity contribution in [1.29, 1.82) is 0 Å². The lowest BCUT2D eigenvalue weighted by atomic mass is 10.1. The van der Waals surface area contributed by atoms with Crippen molar-refractivity contribution in [3.63, 3.8) is 0 Å². The zero-order chi connectivity index (χ0) is 12.4. The number of aromatic nitrogens is 1. The Bertz CT molecular complexity index is 702. The zero-order valence-electron chi connectivity index (χ0n) is 10.2. The van der Waals surface area contributed by atoms with E-state index in [1.165, 1.54) is 10.8 Å². The van der Waals surface area contributed by atoms with E-state index in [0.29, 0.717) is 0 Å². The minimum absolute atomic E-state index is 1.01. The van der Waals surface area contributed by atoms with Crippen LogP contribution in [0.4, 0.5) is 5.69 Å². The maximum absolute atomic E-state index is 4.58. The molecule has 2 nitrogen and oxygen atoms in total. The van der Waals surface area contributed by atoms with Crippen LogP contribution >= 0.6 is 0 Å². The first-order valence-corrected chi connectivity index (χ1v) is 5.97. The van der Waals surface area contributed by atoms with E-state index in [-0.39, 0.29) is 0 Å². The van der Waals surface area contributed by atoms with E-state index in [1.54, 1.807) is 0 Å². The largest absolute Gasteiger partial charge is 0.357 e. The van der Waals surface area contributed by atoms with Crippen LogP contribution in [0.3, 0.4) is 0 Å². The summed E-state index contributed by atoms with van der Waals surface area (Å²) in [6.07, 6.45) is 5.97. The molecule has 18 heavy (non-hydrogen) atoms. The molecule has 0 fully saturated rings. The van der Waals surface area contributed by atoms with Crippen molar-refractivity contribution >= 4 is 22.7 Å². The molecule has 0 saturated carbocycles. The smallest absolute Gasteiger partial charge is 0.0708 e. The van der Waals surface area contributed by atoms with Crippen LogP contribution in [0.5, 0.6) is 0 Å². The van der Waals surface area contributed by atoms with E-state index >= 15 is 0 Å². The van der Waals surface area contributed by atoms with E-state index in [1.807, 2.05) is 48.3 Å². The lowest BCUT2D eigenvalue weighted by Crippen LogP contribution is -1.80. The van der Waals surface area contributed by atoms with Gasteiger partial charge in [-0.1, -0.05) is 36.4 Å². The van der Waals surface area contributed by atoms with Gasteiger partial charge in [0.15, 0.2) is 0 Å². The monoisotopic (exact) mass is 234 g/mol. The summed E-state index contributed by atoms with van der Waals surface area (Å²) in [6.45, 7) is 0. The summed E-state index contributed by atoms with van der Waals surface area (Å²) in [7, 11) is 2.01. The number of hydrogen-bond donors (Lipinski definition) is 0. The molecule has 0 spiro atoms. The molecule has 2 aromatic carbocycles. The summed E-state index contributed by atoms with van der Waals surface area (Å²) in [5.41, 5.74) is 2.13. The summed E-state index contributed by atoms with van der Waals surface area (Å²) in [4.78, 5) is 4.58. The van der Waals surface area contributed by atoms with Gasteiger partial charge in [-0.2, -0.15) is 0 Å². The highest BCUT2D eigenvalue weighted by Gasteiger charge is 1.97. The van der Waals surface area contributed by atoms with Crippen molar-refractivity contribution in [3.05, 3.63) is 66.5 Å². The van der Waals surface area contributed by atoms with Crippen LogP contribution in [0.2, 0.25) is 0 Å². The lowest BCUT2D eigenvalue weighted by molar-refractivity contribution is 0.927. The van der Waals surface area contributed by atoms with Gasteiger partial charge in [0.2, 0.25) is 0 Å². The fourth-order valence-corrected chi connectivity index (χ4v) is 2.07. The molecule has 1 heterocycles. The molecule has 0 N–H and O–H groups in total. The van der Waals surface area contributed by atoms with Gasteiger partial charge >= 0.3 is 0 Å². The average Bonchev–Trinajstić information content (AvgIpc) is 2.82. The molecule has 0 aliphatic carbocycles. The Hall–Kier alpha value is -2.35. The minimum Gasteiger partial charge on any atom is -0.357 e. The van der Waals surface area contributed by atoms with E-state index in [2.05, 4.69) is 35.5 Å². The second-order valence-electron chi connectivity index (χ2n) is 4.37. The van der Waals surface area contributed by atoms with Gasteiger partial charge in [0, 0.05) is 36.6 Å². The molecule has 0 saturated heterocycles. The van der Waals surface area contributed by atoms with Crippen molar-refractivity contribution in [2.24, 2.45) is 12.0 Å². The minimum atomic E-state index is 1.01. The van der Waals surface area contributed by atoms with Gasteiger partial charge in [0.1, 0.15) is 0 Å². The van der Waals surface area contributed by atoms with Gasteiger partial charge in [-0.15, -0.1) is 0 Å². The number of benzene rings is 2. The standard InChI is InChI=1S/C16H14N2/c1-18-10-9-13(12-18)11-17-16-8-4-6-14-5-2-3-7-15(14)16/h2-12H,1H3. The van der Waals surface area contributed by atoms with Crippen LogP contribution in [-0.2, 0) is 7.05 Å². The average molecular weight is 234 g/mol. The van der Waals surface area contributed by atoms with Gasteiger partial charge < -0.3 is 4.57 Å². The molecular formula is C16H14N2. The number of aryl methyl sites for hydroxylation is 1. The molecule has 2 heteroatoms. The molecule has 0 amide bonds. The number of aliphatic imine (C=N–C) groups is 1. The SMILES string of the molecule is Cn1ccc(C=Nc2cccc3ccccc23)c1. The fourth-order valence-electron chi connectivity index (χ4n) is 2.07. The molecule has 0 bridgehead atoms. The zero-order valence-corrected chi connectivity index (χ0v) is 10.2. The Labute approximate surface area is 106 Å². The number of fused-ring (bicyclic) bond motifs is 1. The predicted octanol–water partition coefficient (Wildman–Crippen LogP) is 3.93. The quantitative estimate of drug-likeness (QED) is 0.598. The summed E-state index contributed by atoms with van der Waals surface area (Å²) in [5.74, 6) is 0. The first-order chi connectivity index (χ1) is 8.83. The van der Waals surface area contributed by atoms with Crippen molar-refractivity contribution < 1.29 is 0 Å². The number of hydrogen-bond acceptors (Lipinski definition) is 1. The maximum Gasteiger partial charge on any atom is 0.0708 e. The Morgan fingerprint density at radius 1 is 1.00 bits per heavy atom. The van der Waals surface area contributed by atoms with Gasteiger partial charge in [-0.05, 0) is 17.5 Å². The van der Waals surface area contributed by atoms with Crippen LogP contribution in [0.25, 0.3) is 10.8 Å². The molecule has 0 atom stereocenters. The van der Waals surface area contributed by atoms with Gasteiger partial charge in [0.05, 0.1) is 5.69 Å². The van der Waals surface area contributed by atoms with Gasteiger partial charge in [-0.25, -0.2) is 0 Å². The molecule has 3 aromatic rings. The van der Waals surface area contributed by atoms with Gasteiger partial charge in [0.25, 0.3) is 0 Å². The van der Waals surface area contributed by atoms with Crippen molar-refractivity contribution in [2.75, 3.05) is 0 Å². The number of nitrogens with zero attached hydrogens (tertiary/aromatic N) is 2. The highest BCUT2D eigenvalue weighted by atomic mass is 14.9. The molecule has 0 radical (unpaired) electrons. The van der Waals surface area contributed by atoms with Crippen LogP contribution < -0.4 is 0 Å². The summed E-state index contributed by atoms with van der Waals surface area (Å²) in [5, 5.41) is 2.41. The molecule has 0 aliphatic rings. The van der Waals surface area contributed by atoms with Crippen LogP contribution in [-0.4, -0.2) is 10.8 Å². The number of rotatable bonds is 2. The maximum atomic E-state index is 4.58. The van der Waals surface area contributed by atoms with Crippen LogP contribution in [0, 0.1) is 0 Å². The van der Waals surface area contributed by atoms with E-state index in [0.717, 1.165) is 11.3 Å². The topological polar surface area (TPSA) is 17.3 Å². The summed E-state index contributed by atoms with van der Waals surface area (Å²) >= 11 is 0. The molecule has 1 aromatic heterocycles. The molecule has 0 aliphatic heterocycles. The second-order valence-corrected chi connectivity index (χ2v) is 4.37. The third-order valence-corrected chi connectivity index (χ3v) is 2.97. The molecule has 3 rings (SSSR count). The third kappa shape index (κ3) is 2.05. The Morgan fingerprint density at radius 3 is 2.67 bits per heavy atom. The Kier molecular flexibility index (Phi) is 2.69. The summed E-state index contributed by atoms with van der Waals surface area (Å²) in [6, 6.07) is 16.5. The highest BCUT2D eigenvalue weighted by Crippen LogP contribution is 2.25. The third-order valence-electron chi connectivity index (χ3n) is 2.97. The second kappa shape index (κ2) is 4.49. The first-order valence-electron chi connectivity index (χ1n) is 5.97. The van der Waals surface area contributed by atoms with Crippen molar-refractivity contribution in [1.82, 2.24) is 4.57 Å². The lowest BCUT2D eigenvalue weighted by Gasteiger charge is -2.00. The Balaban J connectivity index is 2.02.